The first-order valence-corrected chi connectivity index (χ1v) is 4.62. The summed E-state index contributed by atoms with van der Waals surface area (Å²) in [5, 5.41) is 3.53. The van der Waals surface area contributed by atoms with Crippen LogP contribution in [0.5, 0.6) is 0 Å². The molecule has 11 heavy (non-hydrogen) atoms. The van der Waals surface area contributed by atoms with E-state index in [1.54, 1.807) is 0 Å². The highest BCUT2D eigenvalue weighted by Gasteiger charge is 2.37. The average Bonchev–Trinajstić information content (AvgIpc) is 2.45. The Kier molecular flexibility index (Phi) is 1.90. The molecular weight excluding hydrogens is 138 g/mol. The smallest absolute Gasteiger partial charge is 0.0535 e. The molecule has 2 atom stereocenters. The number of hydrogen-bond acceptors (Lipinski definition) is 2. The van der Waals surface area contributed by atoms with Gasteiger partial charge in [-0.2, -0.15) is 0 Å². The summed E-state index contributed by atoms with van der Waals surface area (Å²) in [6.07, 6.45) is 3.96. The molecular formula is C9H17NO. The molecule has 2 rings (SSSR count). The van der Waals surface area contributed by atoms with E-state index in [-0.39, 0.29) is 0 Å². The molecule has 2 fully saturated rings. The summed E-state index contributed by atoms with van der Waals surface area (Å²) in [5.41, 5.74) is 0.520. The highest BCUT2D eigenvalue weighted by molar-refractivity contribution is 4.90. The molecule has 2 aliphatic rings. The molecule has 0 aromatic heterocycles. The first kappa shape index (κ1) is 7.56. The summed E-state index contributed by atoms with van der Waals surface area (Å²) in [6.45, 7) is 5.42. The number of hydrogen-bond donors (Lipinski definition) is 1. The van der Waals surface area contributed by atoms with Crippen LogP contribution in [0.2, 0.25) is 0 Å². The van der Waals surface area contributed by atoms with Gasteiger partial charge in [-0.15, -0.1) is 0 Å². The lowest BCUT2D eigenvalue weighted by atomic mass is 9.78. The molecule has 2 nitrogen and oxygen atoms in total. The van der Waals surface area contributed by atoms with Gasteiger partial charge in [-0.05, 0) is 26.2 Å². The van der Waals surface area contributed by atoms with Crippen LogP contribution in [-0.4, -0.2) is 25.8 Å². The molecule has 2 saturated heterocycles. The van der Waals surface area contributed by atoms with Crippen molar-refractivity contribution in [3.05, 3.63) is 0 Å². The van der Waals surface area contributed by atoms with Gasteiger partial charge in [-0.1, -0.05) is 0 Å². The molecule has 0 amide bonds. The van der Waals surface area contributed by atoms with Crippen LogP contribution in [0.3, 0.4) is 0 Å². The van der Waals surface area contributed by atoms with Crippen LogP contribution in [-0.2, 0) is 4.74 Å². The number of rotatable bonds is 0. The minimum absolute atomic E-state index is 0.520. The Bertz CT molecular complexity index is 130. The molecule has 0 aromatic rings. The van der Waals surface area contributed by atoms with E-state index >= 15 is 0 Å². The van der Waals surface area contributed by atoms with Gasteiger partial charge in [-0.25, -0.2) is 0 Å². The Labute approximate surface area is 68.3 Å². The van der Waals surface area contributed by atoms with Crippen molar-refractivity contribution >= 4 is 0 Å². The van der Waals surface area contributed by atoms with Crippen molar-refractivity contribution < 1.29 is 4.74 Å². The van der Waals surface area contributed by atoms with E-state index in [9.17, 15) is 0 Å². The van der Waals surface area contributed by atoms with Crippen LogP contribution < -0.4 is 5.32 Å². The minimum Gasteiger partial charge on any atom is -0.381 e. The van der Waals surface area contributed by atoms with Crippen molar-refractivity contribution in [2.45, 2.75) is 32.2 Å². The van der Waals surface area contributed by atoms with Crippen LogP contribution in [0, 0.1) is 5.41 Å². The van der Waals surface area contributed by atoms with Gasteiger partial charge in [0.05, 0.1) is 6.61 Å². The highest BCUT2D eigenvalue weighted by atomic mass is 16.5. The van der Waals surface area contributed by atoms with Gasteiger partial charge in [0.15, 0.2) is 0 Å². The van der Waals surface area contributed by atoms with Gasteiger partial charge < -0.3 is 10.1 Å². The predicted octanol–water partition coefficient (Wildman–Crippen LogP) is 1.17. The van der Waals surface area contributed by atoms with E-state index in [0.29, 0.717) is 5.41 Å². The lowest BCUT2D eigenvalue weighted by Crippen LogP contribution is -2.44. The zero-order chi connectivity index (χ0) is 7.73. The van der Waals surface area contributed by atoms with Gasteiger partial charge in [0, 0.05) is 24.6 Å². The Balaban J connectivity index is 1.94. The van der Waals surface area contributed by atoms with Gasteiger partial charge in [0.1, 0.15) is 0 Å². The van der Waals surface area contributed by atoms with Crippen molar-refractivity contribution in [2.24, 2.45) is 5.41 Å². The van der Waals surface area contributed by atoms with E-state index in [4.69, 9.17) is 4.74 Å². The maximum absolute atomic E-state index is 5.43. The van der Waals surface area contributed by atoms with E-state index in [0.717, 1.165) is 19.3 Å². The van der Waals surface area contributed by atoms with Gasteiger partial charge >= 0.3 is 0 Å². The topological polar surface area (TPSA) is 21.3 Å². The largest absolute Gasteiger partial charge is 0.381 e. The molecule has 2 heterocycles. The van der Waals surface area contributed by atoms with Gasteiger partial charge in [-0.3, -0.25) is 0 Å². The molecule has 2 aliphatic heterocycles. The Morgan fingerprint density at radius 2 is 2.36 bits per heavy atom. The zero-order valence-corrected chi connectivity index (χ0v) is 7.23. The highest BCUT2D eigenvalue weighted by Crippen LogP contribution is 2.35. The molecule has 0 radical (unpaired) electrons. The third-order valence-electron chi connectivity index (χ3n) is 3.12. The Morgan fingerprint density at radius 1 is 1.45 bits per heavy atom. The fraction of sp³-hybridized carbons (Fsp3) is 1.00. The van der Waals surface area contributed by atoms with Crippen molar-refractivity contribution in [2.75, 3.05) is 19.8 Å². The standard InChI is InChI=1S/C9H17NO/c1-8-2-3-9(6-10-8)4-5-11-7-9/h8,10H,2-7H2,1H3. The third kappa shape index (κ3) is 1.42. The maximum atomic E-state index is 5.43. The first-order valence-electron chi connectivity index (χ1n) is 4.62. The second-order valence-electron chi connectivity index (χ2n) is 4.12. The summed E-state index contributed by atoms with van der Waals surface area (Å²) in [4.78, 5) is 0. The van der Waals surface area contributed by atoms with E-state index in [1.165, 1.54) is 25.8 Å². The van der Waals surface area contributed by atoms with Crippen LogP contribution >= 0.6 is 0 Å². The molecule has 64 valence electrons. The van der Waals surface area contributed by atoms with Crippen molar-refractivity contribution in [3.63, 3.8) is 0 Å². The maximum Gasteiger partial charge on any atom is 0.0535 e. The summed E-state index contributed by atoms with van der Waals surface area (Å²) in [5.74, 6) is 0. The summed E-state index contributed by atoms with van der Waals surface area (Å²) in [7, 11) is 0. The van der Waals surface area contributed by atoms with E-state index in [1.807, 2.05) is 0 Å². The minimum atomic E-state index is 0.520. The average molecular weight is 155 g/mol. The second kappa shape index (κ2) is 2.76. The number of piperidine rings is 1. The molecule has 0 aliphatic carbocycles. The molecule has 2 unspecified atom stereocenters. The molecule has 0 aromatic carbocycles. The van der Waals surface area contributed by atoms with Gasteiger partial charge in [0.25, 0.3) is 0 Å². The monoisotopic (exact) mass is 155 g/mol. The van der Waals surface area contributed by atoms with Crippen molar-refractivity contribution in [1.82, 2.24) is 5.32 Å². The van der Waals surface area contributed by atoms with Crippen molar-refractivity contribution in [3.8, 4) is 0 Å². The normalized spacial score (nSPS) is 45.0. The lowest BCUT2D eigenvalue weighted by Gasteiger charge is -2.35. The summed E-state index contributed by atoms with van der Waals surface area (Å²) >= 11 is 0. The SMILES string of the molecule is CC1CCC2(CCOC2)CN1. The predicted molar refractivity (Wildman–Crippen MR) is 44.6 cm³/mol. The molecule has 1 spiro atoms. The van der Waals surface area contributed by atoms with Crippen LogP contribution in [0.4, 0.5) is 0 Å². The third-order valence-corrected chi connectivity index (χ3v) is 3.12. The number of ether oxygens (including phenoxy) is 1. The Hall–Kier alpha value is -0.0800. The lowest BCUT2D eigenvalue weighted by molar-refractivity contribution is 0.122. The number of nitrogens with one attached hydrogen (secondary N) is 1. The van der Waals surface area contributed by atoms with Crippen LogP contribution in [0.15, 0.2) is 0 Å². The molecule has 1 N–H and O–H groups in total. The molecule has 0 bridgehead atoms. The second-order valence-corrected chi connectivity index (χ2v) is 4.12. The summed E-state index contributed by atoms with van der Waals surface area (Å²) < 4.78 is 5.43. The quantitative estimate of drug-likeness (QED) is 0.567. The fourth-order valence-corrected chi connectivity index (χ4v) is 2.09. The fourth-order valence-electron chi connectivity index (χ4n) is 2.09. The zero-order valence-electron chi connectivity index (χ0n) is 7.23. The molecule has 2 heteroatoms. The van der Waals surface area contributed by atoms with Crippen molar-refractivity contribution in [1.29, 1.82) is 0 Å². The van der Waals surface area contributed by atoms with Gasteiger partial charge in [0.2, 0.25) is 0 Å². The van der Waals surface area contributed by atoms with Crippen LogP contribution in [0.25, 0.3) is 0 Å². The molecule has 0 saturated carbocycles. The van der Waals surface area contributed by atoms with E-state index < -0.39 is 0 Å². The first-order chi connectivity index (χ1) is 5.31. The van der Waals surface area contributed by atoms with Crippen LogP contribution in [0.1, 0.15) is 26.2 Å². The Morgan fingerprint density at radius 3 is 2.91 bits per heavy atom. The summed E-state index contributed by atoms with van der Waals surface area (Å²) in [6, 6.07) is 0.723. The van der Waals surface area contributed by atoms with E-state index in [2.05, 4.69) is 12.2 Å².